The molecule has 2 aromatic rings. The molecule has 0 bridgehead atoms. The molecule has 0 spiro atoms. The van der Waals surface area contributed by atoms with Crippen LogP contribution in [-0.4, -0.2) is 54.6 Å². The molecular formula is C24H32N4O. The molecule has 0 aliphatic carbocycles. The van der Waals surface area contributed by atoms with Gasteiger partial charge < -0.3 is 14.7 Å². The topological polar surface area (TPSA) is 39.7 Å². The minimum absolute atomic E-state index is 0.0473. The second kappa shape index (κ2) is 8.85. The third-order valence-electron chi connectivity index (χ3n) is 6.33. The van der Waals surface area contributed by atoms with E-state index in [-0.39, 0.29) is 5.91 Å². The lowest BCUT2D eigenvalue weighted by atomic mass is 9.99. The Morgan fingerprint density at radius 3 is 2.55 bits per heavy atom. The highest BCUT2D eigenvalue weighted by Gasteiger charge is 2.25. The van der Waals surface area contributed by atoms with E-state index in [0.29, 0.717) is 11.7 Å². The van der Waals surface area contributed by atoms with Gasteiger partial charge in [-0.05, 0) is 62.4 Å². The number of rotatable bonds is 4. The van der Waals surface area contributed by atoms with Crippen LogP contribution in [0.15, 0.2) is 42.6 Å². The number of benzene rings is 1. The second-order valence-electron chi connectivity index (χ2n) is 8.27. The van der Waals surface area contributed by atoms with Gasteiger partial charge in [-0.1, -0.05) is 19.1 Å². The van der Waals surface area contributed by atoms with Gasteiger partial charge in [-0.15, -0.1) is 0 Å². The Kier molecular flexibility index (Phi) is 6.02. The minimum Gasteiger partial charge on any atom is -0.368 e. The number of carbonyl (C=O) groups is 1. The van der Waals surface area contributed by atoms with E-state index < -0.39 is 0 Å². The summed E-state index contributed by atoms with van der Waals surface area (Å²) in [5.41, 5.74) is 4.22. The first-order chi connectivity index (χ1) is 14.2. The minimum atomic E-state index is 0.0473. The van der Waals surface area contributed by atoms with Crippen molar-refractivity contribution in [1.82, 2.24) is 9.88 Å². The highest BCUT2D eigenvalue weighted by Crippen LogP contribution is 2.26. The maximum absolute atomic E-state index is 12.9. The van der Waals surface area contributed by atoms with Crippen molar-refractivity contribution in [2.45, 2.75) is 45.6 Å². The molecule has 154 valence electrons. The third kappa shape index (κ3) is 4.39. The second-order valence-corrected chi connectivity index (χ2v) is 8.27. The average Bonchev–Trinajstić information content (AvgIpc) is 2.79. The quantitative estimate of drug-likeness (QED) is 0.785. The van der Waals surface area contributed by atoms with Crippen LogP contribution in [0.5, 0.6) is 0 Å². The number of hydrogen-bond donors (Lipinski definition) is 0. The SMILES string of the molecule is CCC1CCCCN1c1ccc(C(=O)N2CCN(c3cccc(C)c3)CC2)nc1. The Balaban J connectivity index is 1.37. The van der Waals surface area contributed by atoms with Crippen molar-refractivity contribution in [3.05, 3.63) is 53.9 Å². The van der Waals surface area contributed by atoms with Crippen molar-refractivity contribution < 1.29 is 4.79 Å². The Morgan fingerprint density at radius 1 is 1.03 bits per heavy atom. The van der Waals surface area contributed by atoms with E-state index in [9.17, 15) is 4.79 Å². The number of amides is 1. The van der Waals surface area contributed by atoms with Gasteiger partial charge in [0.05, 0.1) is 11.9 Å². The highest BCUT2D eigenvalue weighted by atomic mass is 16.2. The summed E-state index contributed by atoms with van der Waals surface area (Å²) in [6, 6.07) is 13.2. The number of pyridine rings is 1. The lowest BCUT2D eigenvalue weighted by Gasteiger charge is -2.37. The van der Waals surface area contributed by atoms with Gasteiger partial charge in [0.15, 0.2) is 0 Å². The van der Waals surface area contributed by atoms with Gasteiger partial charge in [0.2, 0.25) is 0 Å². The average molecular weight is 393 g/mol. The van der Waals surface area contributed by atoms with Gasteiger partial charge in [-0.3, -0.25) is 4.79 Å². The van der Waals surface area contributed by atoms with Crippen molar-refractivity contribution in [1.29, 1.82) is 0 Å². The molecule has 0 radical (unpaired) electrons. The zero-order valence-electron chi connectivity index (χ0n) is 17.7. The van der Waals surface area contributed by atoms with Gasteiger partial charge in [0.1, 0.15) is 5.69 Å². The van der Waals surface area contributed by atoms with Crippen LogP contribution in [-0.2, 0) is 0 Å². The van der Waals surface area contributed by atoms with Crippen molar-refractivity contribution in [2.75, 3.05) is 42.5 Å². The molecule has 1 unspecified atom stereocenters. The molecule has 1 atom stereocenters. The third-order valence-corrected chi connectivity index (χ3v) is 6.33. The fraction of sp³-hybridized carbons (Fsp3) is 0.500. The summed E-state index contributed by atoms with van der Waals surface area (Å²) in [5, 5.41) is 0. The van der Waals surface area contributed by atoms with Gasteiger partial charge in [0.25, 0.3) is 5.91 Å². The van der Waals surface area contributed by atoms with E-state index >= 15 is 0 Å². The van der Waals surface area contributed by atoms with E-state index in [1.54, 1.807) is 0 Å². The van der Waals surface area contributed by atoms with Crippen LogP contribution in [0.1, 0.15) is 48.7 Å². The molecule has 2 aliphatic heterocycles. The number of piperazine rings is 1. The number of carbonyl (C=O) groups excluding carboxylic acids is 1. The molecule has 0 N–H and O–H groups in total. The standard InChI is InChI=1S/C24H32N4O/c1-3-20-8-4-5-12-28(20)22-10-11-23(25-18-22)24(29)27-15-13-26(14-16-27)21-9-6-7-19(2)17-21/h6-7,9-11,17-18,20H,3-5,8,12-16H2,1-2H3. The number of nitrogens with zero attached hydrogens (tertiary/aromatic N) is 4. The largest absolute Gasteiger partial charge is 0.368 e. The van der Waals surface area contributed by atoms with E-state index in [1.807, 2.05) is 17.2 Å². The molecule has 5 heteroatoms. The van der Waals surface area contributed by atoms with Crippen LogP contribution in [0, 0.1) is 6.92 Å². The maximum Gasteiger partial charge on any atom is 0.272 e. The highest BCUT2D eigenvalue weighted by molar-refractivity contribution is 5.92. The molecule has 2 saturated heterocycles. The lowest BCUT2D eigenvalue weighted by Crippen LogP contribution is -2.49. The molecule has 5 nitrogen and oxygen atoms in total. The lowest BCUT2D eigenvalue weighted by molar-refractivity contribution is 0.0741. The molecular weight excluding hydrogens is 360 g/mol. The molecule has 1 aromatic carbocycles. The number of aromatic nitrogens is 1. The van der Waals surface area contributed by atoms with Gasteiger partial charge in [0, 0.05) is 44.5 Å². The first kappa shape index (κ1) is 19.7. The zero-order chi connectivity index (χ0) is 20.2. The molecule has 0 saturated carbocycles. The van der Waals surface area contributed by atoms with Crippen molar-refractivity contribution in [3.63, 3.8) is 0 Å². The normalized spacial score (nSPS) is 20.1. The van der Waals surface area contributed by atoms with Crippen LogP contribution in [0.2, 0.25) is 0 Å². The smallest absolute Gasteiger partial charge is 0.272 e. The first-order valence-corrected chi connectivity index (χ1v) is 11.0. The fourth-order valence-corrected chi connectivity index (χ4v) is 4.60. The van der Waals surface area contributed by atoms with Crippen molar-refractivity contribution >= 4 is 17.3 Å². The molecule has 2 fully saturated rings. The van der Waals surface area contributed by atoms with Crippen LogP contribution < -0.4 is 9.80 Å². The number of hydrogen-bond acceptors (Lipinski definition) is 4. The predicted molar refractivity (Wildman–Crippen MR) is 119 cm³/mol. The number of anilines is 2. The molecule has 2 aliphatic rings. The van der Waals surface area contributed by atoms with Crippen molar-refractivity contribution in [3.8, 4) is 0 Å². The van der Waals surface area contributed by atoms with Gasteiger partial charge in [-0.25, -0.2) is 4.98 Å². The molecule has 4 rings (SSSR count). The van der Waals surface area contributed by atoms with E-state index in [4.69, 9.17) is 0 Å². The van der Waals surface area contributed by atoms with Gasteiger partial charge in [-0.2, -0.15) is 0 Å². The summed E-state index contributed by atoms with van der Waals surface area (Å²) in [5.74, 6) is 0.0473. The maximum atomic E-state index is 12.9. The van der Waals surface area contributed by atoms with Crippen LogP contribution in [0.3, 0.4) is 0 Å². The number of aryl methyl sites for hydroxylation is 1. The summed E-state index contributed by atoms with van der Waals surface area (Å²) in [6.45, 7) is 8.66. The summed E-state index contributed by atoms with van der Waals surface area (Å²) in [7, 11) is 0. The van der Waals surface area contributed by atoms with Crippen LogP contribution >= 0.6 is 0 Å². The fourth-order valence-electron chi connectivity index (χ4n) is 4.60. The monoisotopic (exact) mass is 392 g/mol. The number of piperidine rings is 1. The Morgan fingerprint density at radius 2 is 1.86 bits per heavy atom. The summed E-state index contributed by atoms with van der Waals surface area (Å²) >= 11 is 0. The Bertz CT molecular complexity index is 827. The summed E-state index contributed by atoms with van der Waals surface area (Å²) < 4.78 is 0. The van der Waals surface area contributed by atoms with Crippen LogP contribution in [0.4, 0.5) is 11.4 Å². The van der Waals surface area contributed by atoms with Crippen LogP contribution in [0.25, 0.3) is 0 Å². The predicted octanol–water partition coefficient (Wildman–Crippen LogP) is 4.12. The first-order valence-electron chi connectivity index (χ1n) is 11.0. The zero-order valence-corrected chi connectivity index (χ0v) is 17.7. The molecule has 3 heterocycles. The summed E-state index contributed by atoms with van der Waals surface area (Å²) in [6.07, 6.45) is 6.86. The van der Waals surface area contributed by atoms with E-state index in [0.717, 1.165) is 44.8 Å². The molecule has 1 aromatic heterocycles. The van der Waals surface area contributed by atoms with Gasteiger partial charge >= 0.3 is 0 Å². The Labute approximate surface area is 174 Å². The van der Waals surface area contributed by atoms with E-state index in [1.165, 1.54) is 30.5 Å². The van der Waals surface area contributed by atoms with Crippen molar-refractivity contribution in [2.24, 2.45) is 0 Å². The molecule has 29 heavy (non-hydrogen) atoms. The Hall–Kier alpha value is -2.56. The summed E-state index contributed by atoms with van der Waals surface area (Å²) in [4.78, 5) is 24.2. The van der Waals surface area contributed by atoms with E-state index in [2.05, 4.69) is 59.0 Å². The molecule has 1 amide bonds.